The zero-order chi connectivity index (χ0) is 14.5. The molecule has 1 aromatic carbocycles. The van der Waals surface area contributed by atoms with Gasteiger partial charge in [-0.05, 0) is 23.6 Å². The minimum absolute atomic E-state index is 0.0326. The van der Waals surface area contributed by atoms with Gasteiger partial charge in [0.05, 0.1) is 18.9 Å². The average molecular weight is 278 g/mol. The topological polar surface area (TPSA) is 64.8 Å². The highest BCUT2D eigenvalue weighted by molar-refractivity contribution is 5.97. The molecule has 0 radical (unpaired) electrons. The zero-order valence-corrected chi connectivity index (χ0v) is 12.1. The summed E-state index contributed by atoms with van der Waals surface area (Å²) in [7, 11) is 0. The van der Waals surface area contributed by atoms with Crippen molar-refractivity contribution in [1.29, 1.82) is 0 Å². The third-order valence-corrected chi connectivity index (χ3v) is 3.31. The minimum atomic E-state index is -0.0326. The molecule has 2 rings (SSSR count). The highest BCUT2D eigenvalue weighted by atomic mass is 16.5. The second kappa shape index (κ2) is 6.72. The third-order valence-electron chi connectivity index (χ3n) is 3.31. The van der Waals surface area contributed by atoms with E-state index in [0.717, 1.165) is 11.4 Å². The predicted octanol–water partition coefficient (Wildman–Crippen LogP) is 1.51. The molecule has 0 saturated carbocycles. The van der Waals surface area contributed by atoms with Crippen molar-refractivity contribution < 1.29 is 14.3 Å². The fourth-order valence-electron chi connectivity index (χ4n) is 2.16. The Morgan fingerprint density at radius 1 is 1.40 bits per heavy atom. The largest absolute Gasteiger partial charge is 0.482 e. The maximum absolute atomic E-state index is 12.0. The highest BCUT2D eigenvalue weighted by Gasteiger charge is 2.25. The van der Waals surface area contributed by atoms with Gasteiger partial charge in [0.1, 0.15) is 5.75 Å². The van der Waals surface area contributed by atoms with Gasteiger partial charge in [-0.3, -0.25) is 4.79 Å². The summed E-state index contributed by atoms with van der Waals surface area (Å²) in [5, 5.41) is 0. The number of ether oxygens (including phenoxy) is 2. The number of rotatable bonds is 6. The van der Waals surface area contributed by atoms with Gasteiger partial charge in [0.25, 0.3) is 5.91 Å². The Kier molecular flexibility index (Phi) is 4.98. The molecule has 0 saturated heterocycles. The first-order valence-electron chi connectivity index (χ1n) is 6.98. The molecule has 0 bridgehead atoms. The molecule has 0 aromatic heterocycles. The molecule has 2 N–H and O–H groups in total. The van der Waals surface area contributed by atoms with Crippen LogP contribution in [0.15, 0.2) is 18.2 Å². The number of fused-ring (bicyclic) bond motifs is 1. The lowest BCUT2D eigenvalue weighted by Crippen LogP contribution is -2.41. The smallest absolute Gasteiger partial charge is 0.265 e. The van der Waals surface area contributed by atoms with Gasteiger partial charge >= 0.3 is 0 Å². The van der Waals surface area contributed by atoms with E-state index in [1.165, 1.54) is 5.56 Å². The van der Waals surface area contributed by atoms with Crippen LogP contribution in [-0.4, -0.2) is 38.8 Å². The summed E-state index contributed by atoms with van der Waals surface area (Å²) in [5.74, 6) is 1.13. The van der Waals surface area contributed by atoms with Crippen molar-refractivity contribution in [1.82, 2.24) is 0 Å². The predicted molar refractivity (Wildman–Crippen MR) is 78.3 cm³/mol. The molecule has 0 aliphatic carbocycles. The average Bonchev–Trinajstić information content (AvgIpc) is 2.44. The first kappa shape index (κ1) is 14.8. The van der Waals surface area contributed by atoms with Crippen LogP contribution in [-0.2, 0) is 9.53 Å². The maximum atomic E-state index is 12.0. The summed E-state index contributed by atoms with van der Waals surface area (Å²) in [4.78, 5) is 13.8. The molecular formula is C15H22N2O3. The molecule has 1 aliphatic heterocycles. The molecule has 0 spiro atoms. The SMILES string of the molecule is CC(C)c1ccc2c(c1)N(CCOCCN)C(=O)CO2. The van der Waals surface area contributed by atoms with Crippen LogP contribution < -0.4 is 15.4 Å². The molecule has 0 atom stereocenters. The molecule has 1 aromatic rings. The molecule has 0 fully saturated rings. The van der Waals surface area contributed by atoms with E-state index in [0.29, 0.717) is 32.2 Å². The van der Waals surface area contributed by atoms with Gasteiger partial charge in [-0.25, -0.2) is 0 Å². The van der Waals surface area contributed by atoms with Crippen LogP contribution in [0.3, 0.4) is 0 Å². The van der Waals surface area contributed by atoms with Crippen LogP contribution in [0.25, 0.3) is 0 Å². The van der Waals surface area contributed by atoms with E-state index < -0.39 is 0 Å². The number of carbonyl (C=O) groups is 1. The van der Waals surface area contributed by atoms with E-state index in [2.05, 4.69) is 13.8 Å². The van der Waals surface area contributed by atoms with Crippen LogP contribution in [0.4, 0.5) is 5.69 Å². The van der Waals surface area contributed by atoms with Crippen molar-refractivity contribution in [2.24, 2.45) is 5.73 Å². The van der Waals surface area contributed by atoms with E-state index in [-0.39, 0.29) is 12.5 Å². The first-order chi connectivity index (χ1) is 9.63. The van der Waals surface area contributed by atoms with Gasteiger partial charge < -0.3 is 20.1 Å². The Morgan fingerprint density at radius 2 is 2.20 bits per heavy atom. The van der Waals surface area contributed by atoms with Crippen molar-refractivity contribution >= 4 is 11.6 Å². The van der Waals surface area contributed by atoms with Gasteiger partial charge in [-0.15, -0.1) is 0 Å². The molecule has 5 heteroatoms. The number of benzene rings is 1. The second-order valence-electron chi connectivity index (χ2n) is 5.12. The lowest BCUT2D eigenvalue weighted by atomic mass is 10.0. The van der Waals surface area contributed by atoms with Gasteiger partial charge in [-0.1, -0.05) is 19.9 Å². The van der Waals surface area contributed by atoms with E-state index in [1.807, 2.05) is 18.2 Å². The van der Waals surface area contributed by atoms with E-state index in [9.17, 15) is 4.79 Å². The van der Waals surface area contributed by atoms with Gasteiger partial charge in [0, 0.05) is 13.1 Å². The quantitative estimate of drug-likeness (QED) is 0.801. The van der Waals surface area contributed by atoms with E-state index >= 15 is 0 Å². The van der Waals surface area contributed by atoms with Crippen LogP contribution >= 0.6 is 0 Å². The number of nitrogens with two attached hydrogens (primary N) is 1. The fraction of sp³-hybridized carbons (Fsp3) is 0.533. The Labute approximate surface area is 119 Å². The Hall–Kier alpha value is -1.59. The van der Waals surface area contributed by atoms with E-state index in [1.54, 1.807) is 4.90 Å². The lowest BCUT2D eigenvalue weighted by Gasteiger charge is -2.30. The minimum Gasteiger partial charge on any atom is -0.482 e. The normalized spacial score (nSPS) is 14.4. The number of anilines is 1. The van der Waals surface area contributed by atoms with Crippen LogP contribution in [0, 0.1) is 0 Å². The van der Waals surface area contributed by atoms with Crippen LogP contribution in [0.5, 0.6) is 5.75 Å². The Morgan fingerprint density at radius 3 is 2.90 bits per heavy atom. The number of carbonyl (C=O) groups excluding carboxylic acids is 1. The summed E-state index contributed by atoms with van der Waals surface area (Å²) in [6.07, 6.45) is 0. The number of hydrogen-bond acceptors (Lipinski definition) is 4. The van der Waals surface area contributed by atoms with Crippen molar-refractivity contribution in [3.8, 4) is 5.75 Å². The van der Waals surface area contributed by atoms with Crippen molar-refractivity contribution in [2.45, 2.75) is 19.8 Å². The Balaban J connectivity index is 2.16. The second-order valence-corrected chi connectivity index (χ2v) is 5.12. The highest BCUT2D eigenvalue weighted by Crippen LogP contribution is 2.34. The third kappa shape index (κ3) is 3.29. The zero-order valence-electron chi connectivity index (χ0n) is 12.1. The summed E-state index contributed by atoms with van der Waals surface area (Å²) in [6.45, 7) is 6.35. The molecule has 0 unspecified atom stereocenters. The van der Waals surface area contributed by atoms with E-state index in [4.69, 9.17) is 15.2 Å². The van der Waals surface area contributed by atoms with Crippen molar-refractivity contribution in [3.63, 3.8) is 0 Å². The molecule has 1 aliphatic rings. The summed E-state index contributed by atoms with van der Waals surface area (Å²) in [6, 6.07) is 6.01. The maximum Gasteiger partial charge on any atom is 0.265 e. The monoisotopic (exact) mass is 278 g/mol. The van der Waals surface area contributed by atoms with Crippen molar-refractivity contribution in [2.75, 3.05) is 37.8 Å². The van der Waals surface area contributed by atoms with Crippen LogP contribution in [0.1, 0.15) is 25.3 Å². The standard InChI is InChI=1S/C15H22N2O3/c1-11(2)12-3-4-14-13(9-12)17(15(18)10-20-14)6-8-19-7-5-16/h3-4,9,11H,5-8,10,16H2,1-2H3. The van der Waals surface area contributed by atoms with Crippen LogP contribution in [0.2, 0.25) is 0 Å². The molecule has 1 amide bonds. The van der Waals surface area contributed by atoms with Gasteiger partial charge in [0.15, 0.2) is 6.61 Å². The van der Waals surface area contributed by atoms with Gasteiger partial charge in [0.2, 0.25) is 0 Å². The Bertz CT molecular complexity index is 474. The number of nitrogens with zero attached hydrogens (tertiary/aromatic N) is 1. The molecular weight excluding hydrogens is 256 g/mol. The molecule has 20 heavy (non-hydrogen) atoms. The van der Waals surface area contributed by atoms with Gasteiger partial charge in [-0.2, -0.15) is 0 Å². The lowest BCUT2D eigenvalue weighted by molar-refractivity contribution is -0.121. The summed E-state index contributed by atoms with van der Waals surface area (Å²) >= 11 is 0. The number of hydrogen-bond donors (Lipinski definition) is 1. The molecule has 110 valence electrons. The number of amides is 1. The summed E-state index contributed by atoms with van der Waals surface area (Å²) < 4.78 is 10.8. The first-order valence-corrected chi connectivity index (χ1v) is 6.98. The fourth-order valence-corrected chi connectivity index (χ4v) is 2.16. The van der Waals surface area contributed by atoms with Crippen molar-refractivity contribution in [3.05, 3.63) is 23.8 Å². The molecule has 5 nitrogen and oxygen atoms in total. The molecule has 1 heterocycles. The summed E-state index contributed by atoms with van der Waals surface area (Å²) in [5.41, 5.74) is 7.41.